The Hall–Kier alpha value is -1.06. The monoisotopic (exact) mass is 214 g/mol. The molecule has 0 rings (SSSR count). The fourth-order valence-electron chi connectivity index (χ4n) is 1.52. The maximum Gasteiger partial charge on any atom is 0.191 e. The van der Waals surface area contributed by atoms with Crippen molar-refractivity contribution in [3.8, 4) is 0 Å². The zero-order valence-corrected chi connectivity index (χ0v) is 9.78. The summed E-state index contributed by atoms with van der Waals surface area (Å²) >= 11 is 0. The summed E-state index contributed by atoms with van der Waals surface area (Å²) in [4.78, 5) is 32.7. The summed E-state index contributed by atoms with van der Waals surface area (Å²) in [6.45, 7) is 3.51. The number of unbranched alkanes of at least 4 members (excludes halogenated alkanes) is 1. The molecule has 0 aromatic rings. The summed E-state index contributed by atoms with van der Waals surface area (Å²) in [5.41, 5.74) is 0. The number of hydrogen-bond acceptors (Lipinski definition) is 3. The first-order chi connectivity index (χ1) is 6.93. The molecule has 0 aliphatic rings. The number of nitrogens with zero attached hydrogens (tertiary/aromatic N) is 1. The van der Waals surface area contributed by atoms with Crippen molar-refractivity contribution in [3.05, 3.63) is 4.91 Å². The quantitative estimate of drug-likeness (QED) is 0.457. The number of rotatable bonds is 8. The van der Waals surface area contributed by atoms with E-state index in [0.717, 1.165) is 17.6 Å². The maximum absolute atomic E-state index is 11.2. The molecule has 0 aliphatic heterocycles. The predicted molar refractivity (Wildman–Crippen MR) is 57.7 cm³/mol. The summed E-state index contributed by atoms with van der Waals surface area (Å²) in [6.07, 6.45) is 2.65. The molecule has 0 bridgehead atoms. The van der Waals surface area contributed by atoms with E-state index < -0.39 is 0 Å². The van der Waals surface area contributed by atoms with Crippen molar-refractivity contribution >= 4 is 11.6 Å². The molecule has 1 unspecified atom stereocenters. The fraction of sp³-hybridized carbons (Fsp3) is 0.818. The van der Waals surface area contributed by atoms with Crippen LogP contribution in [0.4, 0.5) is 0 Å². The van der Waals surface area contributed by atoms with E-state index in [1.807, 2.05) is 0 Å². The van der Waals surface area contributed by atoms with Crippen molar-refractivity contribution < 1.29 is 14.3 Å². The Morgan fingerprint density at radius 1 is 1.20 bits per heavy atom. The van der Waals surface area contributed by atoms with Gasteiger partial charge in [0.2, 0.25) is 0 Å². The molecule has 0 amide bonds. The average molecular weight is 214 g/mol. The predicted octanol–water partition coefficient (Wildman–Crippen LogP) is 1.75. The van der Waals surface area contributed by atoms with E-state index in [0.29, 0.717) is 19.4 Å². The summed E-state index contributed by atoms with van der Waals surface area (Å²) < 4.78 is 0.883. The summed E-state index contributed by atoms with van der Waals surface area (Å²) in [5, 5.41) is 0. The van der Waals surface area contributed by atoms with Gasteiger partial charge in [-0.2, -0.15) is 0 Å². The van der Waals surface area contributed by atoms with E-state index in [-0.39, 0.29) is 17.5 Å². The zero-order chi connectivity index (χ0) is 11.8. The second-order valence-corrected chi connectivity index (χ2v) is 4.06. The third-order valence-electron chi connectivity index (χ3n) is 2.38. The molecule has 0 aromatic heterocycles. The highest BCUT2D eigenvalue weighted by Crippen LogP contribution is 2.14. The third kappa shape index (κ3) is 7.97. The number of nitroso groups, excluding NO2 is 1. The second kappa shape index (κ2) is 7.26. The maximum atomic E-state index is 11.2. The minimum absolute atomic E-state index is 0.0520. The molecule has 0 aliphatic carbocycles. The van der Waals surface area contributed by atoms with Gasteiger partial charge in [-0.3, -0.25) is 4.79 Å². The highest BCUT2D eigenvalue weighted by molar-refractivity contribution is 5.85. The first-order valence-corrected chi connectivity index (χ1v) is 5.31. The largest absolute Gasteiger partial charge is 0.300 e. The van der Waals surface area contributed by atoms with Gasteiger partial charge in [0, 0.05) is 23.7 Å². The standard InChI is InChI=1S/C11H20NO3/c1-9(13)8-11(10(2)14)6-4-5-7-12(3)15/h11H,4-8H2,1-3H3/q+1. The van der Waals surface area contributed by atoms with Gasteiger partial charge in [-0.15, -0.1) is 0 Å². The normalized spacial score (nSPS) is 12.2. The van der Waals surface area contributed by atoms with E-state index in [1.165, 1.54) is 20.9 Å². The number of Topliss-reactive ketones (excluding diaryl/α,β-unsaturated/α-hetero) is 2. The smallest absolute Gasteiger partial charge is 0.191 e. The molecule has 0 saturated carbocycles. The van der Waals surface area contributed by atoms with Gasteiger partial charge in [0.1, 0.15) is 11.6 Å². The second-order valence-electron chi connectivity index (χ2n) is 4.06. The van der Waals surface area contributed by atoms with Crippen LogP contribution in [-0.2, 0) is 9.59 Å². The number of hydrogen-bond donors (Lipinski definition) is 0. The topological polar surface area (TPSA) is 54.2 Å². The van der Waals surface area contributed by atoms with E-state index in [1.54, 1.807) is 0 Å². The molecule has 1 atom stereocenters. The average Bonchev–Trinajstić information content (AvgIpc) is 2.08. The number of carbonyl (C=O) groups is 2. The van der Waals surface area contributed by atoms with Crippen LogP contribution in [0.5, 0.6) is 0 Å². The first kappa shape index (κ1) is 13.9. The van der Waals surface area contributed by atoms with Crippen LogP contribution in [0.15, 0.2) is 0 Å². The molecule has 4 heteroatoms. The Labute approximate surface area is 90.6 Å². The van der Waals surface area contributed by atoms with Crippen LogP contribution in [0.25, 0.3) is 0 Å². The molecule has 0 N–H and O–H groups in total. The van der Waals surface area contributed by atoms with Crippen LogP contribution in [0, 0.1) is 10.8 Å². The van der Waals surface area contributed by atoms with Crippen molar-refractivity contribution in [2.75, 3.05) is 13.6 Å². The number of carbonyl (C=O) groups excluding carboxylic acids is 2. The minimum Gasteiger partial charge on any atom is -0.300 e. The van der Waals surface area contributed by atoms with Gasteiger partial charge < -0.3 is 4.79 Å². The Kier molecular flexibility index (Phi) is 6.75. The zero-order valence-electron chi connectivity index (χ0n) is 9.78. The van der Waals surface area contributed by atoms with Gasteiger partial charge in [-0.05, 0) is 31.4 Å². The Morgan fingerprint density at radius 3 is 2.20 bits per heavy atom. The lowest BCUT2D eigenvalue weighted by molar-refractivity contribution is -0.519. The molecule has 0 aromatic carbocycles. The Morgan fingerprint density at radius 2 is 1.80 bits per heavy atom. The number of ketones is 2. The summed E-state index contributed by atoms with van der Waals surface area (Å²) in [5.74, 6) is -0.0312. The van der Waals surface area contributed by atoms with Crippen molar-refractivity contribution in [2.24, 2.45) is 5.92 Å². The van der Waals surface area contributed by atoms with Crippen LogP contribution in [0.3, 0.4) is 0 Å². The molecule has 0 fully saturated rings. The van der Waals surface area contributed by atoms with E-state index in [4.69, 9.17) is 0 Å². The van der Waals surface area contributed by atoms with Crippen LogP contribution in [-0.4, -0.2) is 29.9 Å². The van der Waals surface area contributed by atoms with Gasteiger partial charge in [-0.25, -0.2) is 0 Å². The van der Waals surface area contributed by atoms with Gasteiger partial charge in [0.05, 0.1) is 0 Å². The van der Waals surface area contributed by atoms with Crippen LogP contribution in [0.1, 0.15) is 39.5 Å². The summed E-state index contributed by atoms with van der Waals surface area (Å²) in [6, 6.07) is 0. The van der Waals surface area contributed by atoms with Crippen molar-refractivity contribution in [1.29, 1.82) is 0 Å². The lowest BCUT2D eigenvalue weighted by Crippen LogP contribution is -2.15. The molecule has 15 heavy (non-hydrogen) atoms. The molecule has 0 spiro atoms. The fourth-order valence-corrected chi connectivity index (χ4v) is 1.52. The SMILES string of the molecule is CC(=O)CC(CCCC[N+](C)=O)C(C)=O. The van der Waals surface area contributed by atoms with Gasteiger partial charge >= 0.3 is 0 Å². The lowest BCUT2D eigenvalue weighted by Gasteiger charge is -2.10. The molecule has 0 radical (unpaired) electrons. The van der Waals surface area contributed by atoms with Crippen LogP contribution >= 0.6 is 0 Å². The third-order valence-corrected chi connectivity index (χ3v) is 2.38. The van der Waals surface area contributed by atoms with E-state index in [2.05, 4.69) is 0 Å². The minimum atomic E-state index is -0.153. The summed E-state index contributed by atoms with van der Waals surface area (Å²) in [7, 11) is 1.48. The van der Waals surface area contributed by atoms with E-state index >= 15 is 0 Å². The van der Waals surface area contributed by atoms with Gasteiger partial charge in [0.15, 0.2) is 13.6 Å². The lowest BCUT2D eigenvalue weighted by atomic mass is 9.93. The van der Waals surface area contributed by atoms with Crippen molar-refractivity contribution in [1.82, 2.24) is 0 Å². The molecular formula is C11H20NO3+. The van der Waals surface area contributed by atoms with Crippen LogP contribution < -0.4 is 0 Å². The van der Waals surface area contributed by atoms with Crippen molar-refractivity contribution in [2.45, 2.75) is 39.5 Å². The van der Waals surface area contributed by atoms with Gasteiger partial charge in [0.25, 0.3) is 0 Å². The Balaban J connectivity index is 3.81. The molecule has 0 saturated heterocycles. The molecular weight excluding hydrogens is 194 g/mol. The molecule has 0 heterocycles. The van der Waals surface area contributed by atoms with Crippen molar-refractivity contribution in [3.63, 3.8) is 0 Å². The highest BCUT2D eigenvalue weighted by Gasteiger charge is 2.16. The van der Waals surface area contributed by atoms with E-state index in [9.17, 15) is 14.5 Å². The first-order valence-electron chi connectivity index (χ1n) is 5.31. The highest BCUT2D eigenvalue weighted by atomic mass is 16.3. The van der Waals surface area contributed by atoms with Crippen LogP contribution in [0.2, 0.25) is 0 Å². The van der Waals surface area contributed by atoms with Gasteiger partial charge in [-0.1, -0.05) is 0 Å². The Bertz CT molecular complexity index is 248. The molecule has 86 valence electrons. The molecule has 4 nitrogen and oxygen atoms in total.